The first-order valence-electron chi connectivity index (χ1n) is 7.34. The highest BCUT2D eigenvalue weighted by Crippen LogP contribution is 2.14. The second-order valence-corrected chi connectivity index (χ2v) is 6.13. The molecule has 1 aliphatic heterocycles. The molecule has 1 saturated heterocycles. The molecule has 0 bridgehead atoms. The number of likely N-dealkylation sites (tertiary alicyclic amines) is 1. The van der Waals surface area contributed by atoms with Crippen molar-refractivity contribution in [2.24, 2.45) is 5.73 Å². The summed E-state index contributed by atoms with van der Waals surface area (Å²) in [6, 6.07) is 0.715. The lowest BCUT2D eigenvalue weighted by Gasteiger charge is -2.36. The molecule has 0 saturated carbocycles. The Labute approximate surface area is 117 Å². The zero-order chi connectivity index (χ0) is 14.4. The molecule has 5 nitrogen and oxygen atoms in total. The van der Waals surface area contributed by atoms with Gasteiger partial charge in [0, 0.05) is 25.2 Å². The summed E-state index contributed by atoms with van der Waals surface area (Å²) in [4.78, 5) is 16.2. The predicted octanol–water partition coefficient (Wildman–Crippen LogP) is 0.254. The lowest BCUT2D eigenvalue weighted by molar-refractivity contribution is -0.120. The van der Waals surface area contributed by atoms with Crippen LogP contribution >= 0.6 is 0 Å². The Hall–Kier alpha value is -0.650. The number of nitrogens with one attached hydrogen (secondary N) is 1. The molecule has 112 valence electrons. The number of primary amides is 1. The first-order chi connectivity index (χ1) is 8.90. The maximum absolute atomic E-state index is 11.4. The SMILES string of the molecule is CC(C)NC(CCN1CCCC(N(C)C)C1)C(N)=O. The predicted molar refractivity (Wildman–Crippen MR) is 79.0 cm³/mol. The zero-order valence-electron chi connectivity index (χ0n) is 12.9. The van der Waals surface area contributed by atoms with Gasteiger partial charge in [0.25, 0.3) is 0 Å². The van der Waals surface area contributed by atoms with Crippen LogP contribution in [0.5, 0.6) is 0 Å². The Balaban J connectivity index is 2.39. The average Bonchev–Trinajstić information content (AvgIpc) is 2.34. The summed E-state index contributed by atoms with van der Waals surface area (Å²) < 4.78 is 0. The Morgan fingerprint density at radius 1 is 1.47 bits per heavy atom. The molecule has 0 radical (unpaired) electrons. The van der Waals surface area contributed by atoms with E-state index in [0.29, 0.717) is 6.04 Å². The number of hydrogen-bond acceptors (Lipinski definition) is 4. The van der Waals surface area contributed by atoms with E-state index in [2.05, 4.69) is 29.2 Å². The summed E-state index contributed by atoms with van der Waals surface area (Å²) in [6.07, 6.45) is 3.31. The van der Waals surface area contributed by atoms with Crippen LogP contribution in [0.3, 0.4) is 0 Å². The van der Waals surface area contributed by atoms with Crippen LogP contribution in [0.15, 0.2) is 0 Å². The Morgan fingerprint density at radius 3 is 2.68 bits per heavy atom. The maximum Gasteiger partial charge on any atom is 0.234 e. The summed E-state index contributed by atoms with van der Waals surface area (Å²) in [5.41, 5.74) is 5.45. The monoisotopic (exact) mass is 270 g/mol. The number of carbonyl (C=O) groups excluding carboxylic acids is 1. The number of hydrogen-bond donors (Lipinski definition) is 2. The topological polar surface area (TPSA) is 61.6 Å². The van der Waals surface area contributed by atoms with E-state index in [9.17, 15) is 4.79 Å². The van der Waals surface area contributed by atoms with Crippen LogP contribution in [-0.4, -0.2) is 67.6 Å². The van der Waals surface area contributed by atoms with E-state index < -0.39 is 0 Å². The smallest absolute Gasteiger partial charge is 0.234 e. The summed E-state index contributed by atoms with van der Waals surface area (Å²) in [5.74, 6) is -0.241. The number of nitrogens with two attached hydrogens (primary N) is 1. The molecule has 2 unspecified atom stereocenters. The van der Waals surface area contributed by atoms with E-state index in [-0.39, 0.29) is 18.0 Å². The van der Waals surface area contributed by atoms with Crippen molar-refractivity contribution >= 4 is 5.91 Å². The molecule has 1 amide bonds. The maximum atomic E-state index is 11.4. The van der Waals surface area contributed by atoms with Crippen molar-refractivity contribution in [3.63, 3.8) is 0 Å². The first kappa shape index (κ1) is 16.4. The van der Waals surface area contributed by atoms with Gasteiger partial charge < -0.3 is 20.9 Å². The van der Waals surface area contributed by atoms with Crippen LogP contribution in [0, 0.1) is 0 Å². The molecule has 1 heterocycles. The van der Waals surface area contributed by atoms with Crippen LogP contribution in [0.2, 0.25) is 0 Å². The largest absolute Gasteiger partial charge is 0.368 e. The molecule has 1 fully saturated rings. The number of piperidine rings is 1. The van der Waals surface area contributed by atoms with Crippen molar-refractivity contribution < 1.29 is 4.79 Å². The third-order valence-electron chi connectivity index (χ3n) is 3.82. The fraction of sp³-hybridized carbons (Fsp3) is 0.929. The number of amides is 1. The fourth-order valence-corrected chi connectivity index (χ4v) is 2.68. The van der Waals surface area contributed by atoms with Gasteiger partial charge in [-0.25, -0.2) is 0 Å². The molecule has 19 heavy (non-hydrogen) atoms. The summed E-state index contributed by atoms with van der Waals surface area (Å²) >= 11 is 0. The van der Waals surface area contributed by atoms with Crippen molar-refractivity contribution in [3.05, 3.63) is 0 Å². The fourth-order valence-electron chi connectivity index (χ4n) is 2.68. The average molecular weight is 270 g/mol. The van der Waals surface area contributed by atoms with Crippen molar-refractivity contribution in [2.45, 2.75) is 51.2 Å². The first-order valence-corrected chi connectivity index (χ1v) is 7.34. The number of rotatable bonds is 7. The van der Waals surface area contributed by atoms with E-state index in [1.807, 2.05) is 13.8 Å². The van der Waals surface area contributed by atoms with Gasteiger partial charge in [-0.15, -0.1) is 0 Å². The van der Waals surface area contributed by atoms with Crippen LogP contribution < -0.4 is 11.1 Å². The van der Waals surface area contributed by atoms with Crippen molar-refractivity contribution in [3.8, 4) is 0 Å². The van der Waals surface area contributed by atoms with E-state index >= 15 is 0 Å². The van der Waals surface area contributed by atoms with Gasteiger partial charge in [-0.3, -0.25) is 4.79 Å². The molecule has 2 atom stereocenters. The van der Waals surface area contributed by atoms with E-state index in [1.165, 1.54) is 12.8 Å². The standard InChI is InChI=1S/C14H30N4O/c1-11(2)16-13(14(15)19)7-9-18-8-5-6-12(10-18)17(3)4/h11-13,16H,5-10H2,1-4H3,(H2,15,19). The lowest BCUT2D eigenvalue weighted by atomic mass is 10.0. The Morgan fingerprint density at radius 2 is 2.16 bits per heavy atom. The molecule has 1 aliphatic rings. The molecular weight excluding hydrogens is 240 g/mol. The minimum Gasteiger partial charge on any atom is -0.368 e. The van der Waals surface area contributed by atoms with Gasteiger partial charge in [0.2, 0.25) is 5.91 Å². The lowest BCUT2D eigenvalue weighted by Crippen LogP contribution is -2.49. The van der Waals surface area contributed by atoms with Gasteiger partial charge in [0.1, 0.15) is 0 Å². The molecule has 0 aliphatic carbocycles. The summed E-state index contributed by atoms with van der Waals surface area (Å²) in [6.45, 7) is 7.26. The van der Waals surface area contributed by atoms with Crippen molar-refractivity contribution in [1.82, 2.24) is 15.1 Å². The Kier molecular flexibility index (Phi) is 6.75. The van der Waals surface area contributed by atoms with Gasteiger partial charge in [0.15, 0.2) is 0 Å². The van der Waals surface area contributed by atoms with Crippen molar-refractivity contribution in [2.75, 3.05) is 33.7 Å². The normalized spacial score (nSPS) is 22.9. The zero-order valence-corrected chi connectivity index (χ0v) is 12.9. The molecule has 1 rings (SSSR count). The van der Waals surface area contributed by atoms with Gasteiger partial charge in [-0.2, -0.15) is 0 Å². The number of likely N-dealkylation sites (N-methyl/N-ethyl adjacent to an activating group) is 1. The summed E-state index contributed by atoms with van der Waals surface area (Å²) in [7, 11) is 4.28. The van der Waals surface area contributed by atoms with Crippen LogP contribution in [-0.2, 0) is 4.79 Å². The van der Waals surface area contributed by atoms with Crippen LogP contribution in [0.25, 0.3) is 0 Å². The van der Waals surface area contributed by atoms with E-state index in [0.717, 1.165) is 26.1 Å². The number of nitrogens with zero attached hydrogens (tertiary/aromatic N) is 2. The highest BCUT2D eigenvalue weighted by atomic mass is 16.1. The van der Waals surface area contributed by atoms with E-state index in [1.54, 1.807) is 0 Å². The highest BCUT2D eigenvalue weighted by Gasteiger charge is 2.23. The molecule has 3 N–H and O–H groups in total. The quantitative estimate of drug-likeness (QED) is 0.696. The van der Waals surface area contributed by atoms with Crippen LogP contribution in [0.4, 0.5) is 0 Å². The summed E-state index contributed by atoms with van der Waals surface area (Å²) in [5, 5.41) is 3.24. The minimum absolute atomic E-state index is 0.209. The second-order valence-electron chi connectivity index (χ2n) is 6.13. The van der Waals surface area contributed by atoms with Gasteiger partial charge in [-0.1, -0.05) is 13.8 Å². The number of carbonyl (C=O) groups is 1. The highest BCUT2D eigenvalue weighted by molar-refractivity contribution is 5.79. The van der Waals surface area contributed by atoms with Crippen molar-refractivity contribution in [1.29, 1.82) is 0 Å². The van der Waals surface area contributed by atoms with Gasteiger partial charge in [-0.05, 0) is 39.9 Å². The van der Waals surface area contributed by atoms with E-state index in [4.69, 9.17) is 5.73 Å². The van der Waals surface area contributed by atoms with Crippen LogP contribution in [0.1, 0.15) is 33.1 Å². The molecule has 0 spiro atoms. The Bertz CT molecular complexity index is 281. The molecular formula is C14H30N4O. The molecule has 0 aromatic rings. The third-order valence-corrected chi connectivity index (χ3v) is 3.82. The van der Waals surface area contributed by atoms with Gasteiger partial charge in [0.05, 0.1) is 6.04 Å². The second kappa shape index (κ2) is 7.82. The minimum atomic E-state index is -0.241. The third kappa shape index (κ3) is 5.89. The molecule has 0 aromatic heterocycles. The molecule has 5 heteroatoms. The van der Waals surface area contributed by atoms with Gasteiger partial charge >= 0.3 is 0 Å². The molecule has 0 aromatic carbocycles.